The van der Waals surface area contributed by atoms with Crippen LogP contribution in [0.5, 0.6) is 0 Å². The average molecular weight is 263 g/mol. The van der Waals surface area contributed by atoms with Gasteiger partial charge in [-0.2, -0.15) is 11.8 Å². The highest BCUT2D eigenvalue weighted by molar-refractivity contribution is 8.00. The second kappa shape index (κ2) is 5.26. The number of nitrogens with two attached hydrogens (primary N) is 1. The number of aryl methyl sites for hydroxylation is 1. The fourth-order valence-electron chi connectivity index (χ4n) is 2.75. The summed E-state index contributed by atoms with van der Waals surface area (Å²) in [6.45, 7) is 6.82. The summed E-state index contributed by atoms with van der Waals surface area (Å²) in [5.41, 5.74) is 9.46. The van der Waals surface area contributed by atoms with Crippen molar-refractivity contribution in [2.45, 2.75) is 56.7 Å². The third-order valence-electron chi connectivity index (χ3n) is 3.71. The van der Waals surface area contributed by atoms with Crippen LogP contribution in [0.15, 0.2) is 24.3 Å². The Morgan fingerprint density at radius 2 is 2.00 bits per heavy atom. The summed E-state index contributed by atoms with van der Waals surface area (Å²) < 4.78 is 0.338. The van der Waals surface area contributed by atoms with E-state index in [2.05, 4.69) is 45.0 Å². The van der Waals surface area contributed by atoms with Gasteiger partial charge in [0.25, 0.3) is 0 Å². The number of hydrogen-bond acceptors (Lipinski definition) is 2. The van der Waals surface area contributed by atoms with Gasteiger partial charge in [-0.05, 0) is 42.6 Å². The summed E-state index contributed by atoms with van der Waals surface area (Å²) in [6, 6.07) is 8.74. The average Bonchev–Trinajstić information content (AvgIpc) is 2.28. The maximum atomic E-state index is 6.69. The van der Waals surface area contributed by atoms with E-state index in [1.54, 1.807) is 0 Å². The van der Waals surface area contributed by atoms with Gasteiger partial charge in [-0.25, -0.2) is 0 Å². The van der Waals surface area contributed by atoms with Crippen LogP contribution in [0, 0.1) is 0 Å². The van der Waals surface area contributed by atoms with Gasteiger partial charge in [-0.1, -0.05) is 45.0 Å². The molecule has 0 fully saturated rings. The third-order valence-corrected chi connectivity index (χ3v) is 4.98. The van der Waals surface area contributed by atoms with Crippen molar-refractivity contribution in [3.05, 3.63) is 35.4 Å². The smallest absolute Gasteiger partial charge is 0.0420 e. The molecule has 1 atom stereocenters. The van der Waals surface area contributed by atoms with Gasteiger partial charge in [0.2, 0.25) is 0 Å². The third kappa shape index (κ3) is 3.30. The normalized spacial score (nSPS) is 23.8. The molecule has 1 aromatic carbocycles. The van der Waals surface area contributed by atoms with Crippen LogP contribution in [-0.4, -0.2) is 10.5 Å². The van der Waals surface area contributed by atoms with Crippen LogP contribution < -0.4 is 5.73 Å². The molecule has 0 aliphatic heterocycles. The molecule has 0 spiro atoms. The van der Waals surface area contributed by atoms with Gasteiger partial charge >= 0.3 is 0 Å². The highest BCUT2D eigenvalue weighted by Crippen LogP contribution is 2.37. The summed E-state index contributed by atoms with van der Waals surface area (Å²) in [6.07, 6.45) is 4.65. The molecule has 1 aliphatic carbocycles. The van der Waals surface area contributed by atoms with Crippen molar-refractivity contribution in [2.75, 3.05) is 5.75 Å². The molecule has 0 heterocycles. The lowest BCUT2D eigenvalue weighted by Crippen LogP contribution is -2.40. The number of fused-ring (bicyclic) bond motifs is 1. The zero-order valence-electron chi connectivity index (χ0n) is 11.8. The number of benzene rings is 1. The monoisotopic (exact) mass is 263 g/mol. The SMILES string of the molecule is CC(C)(C)SCCC1(N)CCCc2ccccc21. The fourth-order valence-corrected chi connectivity index (χ4v) is 3.83. The summed E-state index contributed by atoms with van der Waals surface area (Å²) in [7, 11) is 0. The van der Waals surface area contributed by atoms with E-state index in [9.17, 15) is 0 Å². The van der Waals surface area contributed by atoms with Crippen molar-refractivity contribution in [3.8, 4) is 0 Å². The van der Waals surface area contributed by atoms with Gasteiger partial charge in [0.05, 0.1) is 0 Å². The Bertz CT molecular complexity index is 408. The molecule has 0 saturated heterocycles. The first-order valence-electron chi connectivity index (χ1n) is 6.92. The van der Waals surface area contributed by atoms with Crippen molar-refractivity contribution in [1.82, 2.24) is 0 Å². The summed E-state index contributed by atoms with van der Waals surface area (Å²) >= 11 is 2.02. The van der Waals surface area contributed by atoms with E-state index >= 15 is 0 Å². The van der Waals surface area contributed by atoms with Crippen molar-refractivity contribution < 1.29 is 0 Å². The van der Waals surface area contributed by atoms with Gasteiger partial charge in [0.1, 0.15) is 0 Å². The Labute approximate surface area is 116 Å². The number of hydrogen-bond donors (Lipinski definition) is 1. The maximum Gasteiger partial charge on any atom is 0.0420 e. The fraction of sp³-hybridized carbons (Fsp3) is 0.625. The molecule has 1 unspecified atom stereocenters. The first kappa shape index (κ1) is 14.0. The zero-order valence-corrected chi connectivity index (χ0v) is 12.6. The van der Waals surface area contributed by atoms with E-state index in [4.69, 9.17) is 5.73 Å². The standard InChI is InChI=1S/C16H25NS/c1-15(2,3)18-12-11-16(17)10-6-8-13-7-4-5-9-14(13)16/h4-5,7,9H,6,8,10-12,17H2,1-3H3. The summed E-state index contributed by atoms with van der Waals surface area (Å²) in [5.74, 6) is 1.15. The van der Waals surface area contributed by atoms with Gasteiger partial charge in [0, 0.05) is 10.3 Å². The quantitative estimate of drug-likeness (QED) is 0.888. The Morgan fingerprint density at radius 3 is 2.72 bits per heavy atom. The summed E-state index contributed by atoms with van der Waals surface area (Å²) in [5, 5.41) is 0. The number of rotatable bonds is 3. The van der Waals surface area contributed by atoms with Crippen LogP contribution in [0.1, 0.15) is 51.2 Å². The molecule has 0 aromatic heterocycles. The Hall–Kier alpha value is -0.470. The highest BCUT2D eigenvalue weighted by Gasteiger charge is 2.32. The molecule has 2 rings (SSSR count). The van der Waals surface area contributed by atoms with Crippen LogP contribution in [0.4, 0.5) is 0 Å². The van der Waals surface area contributed by atoms with E-state index in [-0.39, 0.29) is 5.54 Å². The molecular weight excluding hydrogens is 238 g/mol. The van der Waals surface area contributed by atoms with E-state index < -0.39 is 0 Å². The van der Waals surface area contributed by atoms with Crippen LogP contribution in [0.2, 0.25) is 0 Å². The Kier molecular flexibility index (Phi) is 4.08. The van der Waals surface area contributed by atoms with Gasteiger partial charge in [0.15, 0.2) is 0 Å². The van der Waals surface area contributed by atoms with Crippen LogP contribution in [-0.2, 0) is 12.0 Å². The number of thioether (sulfide) groups is 1. The lowest BCUT2D eigenvalue weighted by Gasteiger charge is -2.36. The Morgan fingerprint density at radius 1 is 1.28 bits per heavy atom. The van der Waals surface area contributed by atoms with Gasteiger partial charge in [-0.15, -0.1) is 0 Å². The van der Waals surface area contributed by atoms with E-state index in [0.29, 0.717) is 4.75 Å². The molecule has 0 saturated carbocycles. The molecule has 100 valence electrons. The minimum Gasteiger partial charge on any atom is -0.321 e. The van der Waals surface area contributed by atoms with E-state index in [1.165, 1.54) is 24.0 Å². The second-order valence-corrected chi connectivity index (χ2v) is 8.30. The summed E-state index contributed by atoms with van der Waals surface area (Å²) in [4.78, 5) is 0. The lowest BCUT2D eigenvalue weighted by atomic mass is 9.76. The molecule has 1 aliphatic rings. The van der Waals surface area contributed by atoms with Crippen molar-refractivity contribution in [3.63, 3.8) is 0 Å². The highest BCUT2D eigenvalue weighted by atomic mass is 32.2. The predicted octanol–water partition coefficient (Wildman–Crippen LogP) is 4.10. The van der Waals surface area contributed by atoms with Crippen molar-refractivity contribution in [2.24, 2.45) is 5.73 Å². The first-order valence-corrected chi connectivity index (χ1v) is 7.91. The molecule has 0 bridgehead atoms. The molecule has 2 heteroatoms. The minimum atomic E-state index is -0.0902. The van der Waals surface area contributed by atoms with Crippen LogP contribution >= 0.6 is 11.8 Å². The Balaban J connectivity index is 2.08. The van der Waals surface area contributed by atoms with E-state index in [1.807, 2.05) is 11.8 Å². The van der Waals surface area contributed by atoms with Crippen LogP contribution in [0.25, 0.3) is 0 Å². The molecule has 1 aromatic rings. The topological polar surface area (TPSA) is 26.0 Å². The van der Waals surface area contributed by atoms with Crippen molar-refractivity contribution >= 4 is 11.8 Å². The second-order valence-electron chi connectivity index (χ2n) is 6.38. The molecule has 2 N–H and O–H groups in total. The maximum absolute atomic E-state index is 6.69. The lowest BCUT2D eigenvalue weighted by molar-refractivity contribution is 0.362. The molecule has 1 nitrogen and oxygen atoms in total. The molecular formula is C16H25NS. The van der Waals surface area contributed by atoms with Gasteiger partial charge in [-0.3, -0.25) is 0 Å². The molecule has 0 amide bonds. The van der Waals surface area contributed by atoms with Crippen LogP contribution in [0.3, 0.4) is 0 Å². The largest absolute Gasteiger partial charge is 0.321 e. The first-order chi connectivity index (χ1) is 8.41. The molecule has 18 heavy (non-hydrogen) atoms. The van der Waals surface area contributed by atoms with Crippen molar-refractivity contribution in [1.29, 1.82) is 0 Å². The zero-order chi connectivity index (χ0) is 13.2. The minimum absolute atomic E-state index is 0.0902. The van der Waals surface area contributed by atoms with E-state index in [0.717, 1.165) is 18.6 Å². The van der Waals surface area contributed by atoms with Gasteiger partial charge < -0.3 is 5.73 Å². The molecule has 0 radical (unpaired) electrons. The predicted molar refractivity (Wildman–Crippen MR) is 82.1 cm³/mol.